The van der Waals surface area contributed by atoms with Gasteiger partial charge in [0.1, 0.15) is 11.8 Å². The average Bonchev–Trinajstić information content (AvgIpc) is 3.35. The van der Waals surface area contributed by atoms with E-state index in [9.17, 15) is 4.79 Å². The van der Waals surface area contributed by atoms with Crippen LogP contribution in [-0.4, -0.2) is 52.7 Å². The lowest BCUT2D eigenvalue weighted by Gasteiger charge is -2.25. The van der Waals surface area contributed by atoms with Crippen LogP contribution in [0.3, 0.4) is 0 Å². The second kappa shape index (κ2) is 6.74. The number of likely N-dealkylation sites (tertiary alicyclic amines) is 1. The first kappa shape index (κ1) is 16.5. The van der Waals surface area contributed by atoms with Crippen molar-refractivity contribution in [2.75, 3.05) is 12.3 Å². The van der Waals surface area contributed by atoms with Crippen LogP contribution in [0.1, 0.15) is 25.0 Å². The van der Waals surface area contributed by atoms with E-state index in [2.05, 4.69) is 20.1 Å². The van der Waals surface area contributed by atoms with E-state index in [0.29, 0.717) is 29.9 Å². The van der Waals surface area contributed by atoms with Gasteiger partial charge in [-0.25, -0.2) is 15.0 Å². The van der Waals surface area contributed by atoms with Crippen molar-refractivity contribution >= 4 is 22.9 Å². The Balaban J connectivity index is 1.42. The number of imidazole rings is 1. The van der Waals surface area contributed by atoms with Crippen molar-refractivity contribution in [3.63, 3.8) is 0 Å². The zero-order chi connectivity index (χ0) is 18.1. The van der Waals surface area contributed by atoms with Crippen molar-refractivity contribution in [2.45, 2.75) is 38.3 Å². The monoisotopic (exact) mass is 354 g/mol. The number of aromatic nitrogens is 6. The van der Waals surface area contributed by atoms with Gasteiger partial charge in [0.25, 0.3) is 0 Å². The van der Waals surface area contributed by atoms with Crippen LogP contribution in [0.2, 0.25) is 0 Å². The summed E-state index contributed by atoms with van der Waals surface area (Å²) in [5.74, 6) is 0.523. The molecule has 0 spiro atoms. The molecule has 0 radical (unpaired) electrons. The van der Waals surface area contributed by atoms with Gasteiger partial charge in [-0.05, 0) is 18.9 Å². The van der Waals surface area contributed by atoms with Crippen molar-refractivity contribution < 1.29 is 4.79 Å². The third kappa shape index (κ3) is 3.00. The molecule has 0 saturated carbocycles. The lowest BCUT2D eigenvalue weighted by Crippen LogP contribution is -2.37. The number of fused-ring (bicyclic) bond motifs is 1. The fourth-order valence-corrected chi connectivity index (χ4v) is 3.64. The van der Waals surface area contributed by atoms with Gasteiger partial charge in [-0.1, -0.05) is 0 Å². The molecule has 0 aromatic carbocycles. The molecule has 4 heterocycles. The van der Waals surface area contributed by atoms with Crippen molar-refractivity contribution in [1.29, 1.82) is 0 Å². The summed E-state index contributed by atoms with van der Waals surface area (Å²) in [6.45, 7) is 1.35. The molecule has 9 heteroatoms. The predicted molar refractivity (Wildman–Crippen MR) is 96.0 cm³/mol. The SMILES string of the molecule is Cn1nccc1C[C@H]1CCCN1C(=O)CCn1cnc2c(N)ncnc21. The Morgan fingerprint density at radius 2 is 2.23 bits per heavy atom. The van der Waals surface area contributed by atoms with Crippen molar-refractivity contribution in [3.8, 4) is 0 Å². The number of anilines is 1. The highest BCUT2D eigenvalue weighted by molar-refractivity contribution is 5.81. The largest absolute Gasteiger partial charge is 0.382 e. The highest BCUT2D eigenvalue weighted by Gasteiger charge is 2.29. The standard InChI is InChI=1S/C17H22N8O/c1-23-12(4-6-22-23)9-13-3-2-7-25(13)14(26)5-8-24-11-21-15-16(18)19-10-20-17(15)24/h4,6,10-11,13H,2-3,5,7-9H2,1H3,(H2,18,19,20)/t13-/m1/s1. The van der Waals surface area contributed by atoms with Crippen LogP contribution >= 0.6 is 0 Å². The first-order valence-corrected chi connectivity index (χ1v) is 8.81. The fraction of sp³-hybridized carbons (Fsp3) is 0.471. The minimum Gasteiger partial charge on any atom is -0.382 e. The molecule has 1 aliphatic rings. The highest BCUT2D eigenvalue weighted by atomic mass is 16.2. The van der Waals surface area contributed by atoms with Crippen LogP contribution in [0.15, 0.2) is 24.9 Å². The van der Waals surface area contributed by atoms with Gasteiger partial charge in [-0.2, -0.15) is 5.10 Å². The molecule has 1 amide bonds. The molecular formula is C17H22N8O. The van der Waals surface area contributed by atoms with Gasteiger partial charge in [0.2, 0.25) is 5.91 Å². The van der Waals surface area contributed by atoms with Gasteiger partial charge >= 0.3 is 0 Å². The second-order valence-corrected chi connectivity index (χ2v) is 6.65. The number of nitrogen functional groups attached to an aromatic ring is 1. The van der Waals surface area contributed by atoms with Crippen molar-refractivity contribution in [2.24, 2.45) is 7.05 Å². The lowest BCUT2D eigenvalue weighted by molar-refractivity contribution is -0.132. The summed E-state index contributed by atoms with van der Waals surface area (Å²) < 4.78 is 3.74. The van der Waals surface area contributed by atoms with Gasteiger partial charge in [0, 0.05) is 50.9 Å². The summed E-state index contributed by atoms with van der Waals surface area (Å²) in [6.07, 6.45) is 8.23. The van der Waals surface area contributed by atoms with Crippen LogP contribution in [0.25, 0.3) is 11.2 Å². The summed E-state index contributed by atoms with van der Waals surface area (Å²) in [5, 5.41) is 4.22. The minimum atomic E-state index is 0.165. The summed E-state index contributed by atoms with van der Waals surface area (Å²) in [7, 11) is 1.94. The maximum Gasteiger partial charge on any atom is 0.224 e. The molecular weight excluding hydrogens is 332 g/mol. The number of aryl methyl sites for hydroxylation is 2. The molecule has 2 N–H and O–H groups in total. The first-order chi connectivity index (χ1) is 12.6. The summed E-state index contributed by atoms with van der Waals surface area (Å²) >= 11 is 0. The van der Waals surface area contributed by atoms with E-state index in [1.165, 1.54) is 6.33 Å². The van der Waals surface area contributed by atoms with Crippen LogP contribution in [0.5, 0.6) is 0 Å². The number of carbonyl (C=O) groups excluding carboxylic acids is 1. The van der Waals surface area contributed by atoms with E-state index in [1.54, 1.807) is 12.5 Å². The average molecular weight is 354 g/mol. The number of hydrogen-bond acceptors (Lipinski definition) is 6. The molecule has 0 bridgehead atoms. The van der Waals surface area contributed by atoms with Crippen LogP contribution in [0, 0.1) is 0 Å². The molecule has 3 aromatic rings. The molecule has 3 aromatic heterocycles. The Labute approximate surface area is 150 Å². The highest BCUT2D eigenvalue weighted by Crippen LogP contribution is 2.22. The van der Waals surface area contributed by atoms with E-state index in [4.69, 9.17) is 5.73 Å². The van der Waals surface area contributed by atoms with E-state index >= 15 is 0 Å². The topological polar surface area (TPSA) is 108 Å². The van der Waals surface area contributed by atoms with Gasteiger partial charge in [-0.15, -0.1) is 0 Å². The summed E-state index contributed by atoms with van der Waals surface area (Å²) in [6, 6.07) is 2.26. The van der Waals surface area contributed by atoms with Crippen LogP contribution < -0.4 is 5.73 Å². The molecule has 4 rings (SSSR count). The third-order valence-corrected chi connectivity index (χ3v) is 5.06. The maximum absolute atomic E-state index is 12.8. The first-order valence-electron chi connectivity index (χ1n) is 8.81. The second-order valence-electron chi connectivity index (χ2n) is 6.65. The maximum atomic E-state index is 12.8. The molecule has 9 nitrogen and oxygen atoms in total. The van der Waals surface area contributed by atoms with Crippen molar-refractivity contribution in [1.82, 2.24) is 34.2 Å². The van der Waals surface area contributed by atoms with E-state index in [0.717, 1.165) is 31.5 Å². The number of carbonyl (C=O) groups is 1. The Hall–Kier alpha value is -2.97. The fourth-order valence-electron chi connectivity index (χ4n) is 3.64. The minimum absolute atomic E-state index is 0.165. The number of nitrogens with two attached hydrogens (primary N) is 1. The normalized spacial score (nSPS) is 17.3. The third-order valence-electron chi connectivity index (χ3n) is 5.06. The van der Waals surface area contributed by atoms with E-state index in [1.807, 2.05) is 27.3 Å². The van der Waals surface area contributed by atoms with E-state index in [-0.39, 0.29) is 11.9 Å². The lowest BCUT2D eigenvalue weighted by atomic mass is 10.1. The van der Waals surface area contributed by atoms with Gasteiger partial charge in [0.15, 0.2) is 11.5 Å². The molecule has 26 heavy (non-hydrogen) atoms. The Morgan fingerprint density at radius 3 is 3.04 bits per heavy atom. The number of amides is 1. The molecule has 1 saturated heterocycles. The van der Waals surface area contributed by atoms with Crippen molar-refractivity contribution in [3.05, 3.63) is 30.6 Å². The molecule has 0 unspecified atom stereocenters. The van der Waals surface area contributed by atoms with Crippen LogP contribution in [-0.2, 0) is 24.8 Å². The molecule has 0 aliphatic carbocycles. The zero-order valence-corrected chi connectivity index (χ0v) is 14.7. The quantitative estimate of drug-likeness (QED) is 0.725. The smallest absolute Gasteiger partial charge is 0.224 e. The Bertz CT molecular complexity index is 930. The number of hydrogen-bond donors (Lipinski definition) is 1. The number of rotatable bonds is 5. The Morgan fingerprint density at radius 1 is 1.35 bits per heavy atom. The predicted octanol–water partition coefficient (Wildman–Crippen LogP) is 0.766. The Kier molecular flexibility index (Phi) is 4.27. The zero-order valence-electron chi connectivity index (χ0n) is 14.7. The summed E-state index contributed by atoms with van der Waals surface area (Å²) in [4.78, 5) is 27.2. The van der Waals surface area contributed by atoms with Gasteiger partial charge < -0.3 is 15.2 Å². The number of nitrogens with zero attached hydrogens (tertiary/aromatic N) is 7. The molecule has 136 valence electrons. The van der Waals surface area contributed by atoms with Gasteiger partial charge in [-0.3, -0.25) is 9.48 Å². The van der Waals surface area contributed by atoms with Gasteiger partial charge in [0.05, 0.1) is 6.33 Å². The van der Waals surface area contributed by atoms with E-state index < -0.39 is 0 Å². The molecule has 1 atom stereocenters. The molecule has 1 fully saturated rings. The van der Waals surface area contributed by atoms with Crippen LogP contribution in [0.4, 0.5) is 5.82 Å². The molecule has 1 aliphatic heterocycles. The summed E-state index contributed by atoms with van der Waals surface area (Å²) in [5.41, 5.74) is 8.21.